The zero-order chi connectivity index (χ0) is 15.8. The van der Waals surface area contributed by atoms with Crippen molar-refractivity contribution >= 4 is 17.3 Å². The van der Waals surface area contributed by atoms with Crippen LogP contribution in [0.5, 0.6) is 0 Å². The van der Waals surface area contributed by atoms with E-state index in [0.29, 0.717) is 11.6 Å². The Hall–Kier alpha value is -2.97. The zero-order valence-corrected chi connectivity index (χ0v) is 12.3. The Kier molecular flexibility index (Phi) is 3.18. The average Bonchev–Trinajstić information content (AvgIpc) is 3.24. The Bertz CT molecular complexity index is 842. The fourth-order valence-corrected chi connectivity index (χ4v) is 3.05. The maximum atomic E-state index is 11.0. The van der Waals surface area contributed by atoms with Crippen LogP contribution >= 0.6 is 0 Å². The number of anilines is 1. The molecule has 1 unspecified atom stereocenters. The molecule has 9 nitrogen and oxygen atoms in total. The van der Waals surface area contributed by atoms with Crippen LogP contribution in [0.15, 0.2) is 30.7 Å². The molecule has 1 aliphatic heterocycles. The molecule has 0 saturated carbocycles. The van der Waals surface area contributed by atoms with Gasteiger partial charge in [0.2, 0.25) is 5.65 Å². The van der Waals surface area contributed by atoms with E-state index in [9.17, 15) is 10.1 Å². The van der Waals surface area contributed by atoms with Crippen LogP contribution in [0.25, 0.3) is 5.65 Å². The number of nitrogens with one attached hydrogen (secondary N) is 1. The van der Waals surface area contributed by atoms with E-state index in [1.807, 2.05) is 12.3 Å². The summed E-state index contributed by atoms with van der Waals surface area (Å²) in [6.45, 7) is 1.66. The van der Waals surface area contributed by atoms with Gasteiger partial charge in [0.25, 0.3) is 0 Å². The molecule has 0 aliphatic carbocycles. The lowest BCUT2D eigenvalue weighted by Gasteiger charge is -2.32. The normalized spacial score (nSPS) is 18.4. The predicted octanol–water partition coefficient (Wildman–Crippen LogP) is 1.74. The summed E-state index contributed by atoms with van der Waals surface area (Å²) in [5.74, 6) is 1.88. The molecule has 3 aromatic rings. The van der Waals surface area contributed by atoms with E-state index in [4.69, 9.17) is 0 Å². The molecule has 118 valence electrons. The molecule has 4 rings (SSSR count). The molecule has 9 heteroatoms. The van der Waals surface area contributed by atoms with E-state index in [1.54, 1.807) is 12.3 Å². The van der Waals surface area contributed by atoms with Gasteiger partial charge < -0.3 is 20.0 Å². The first kappa shape index (κ1) is 13.7. The van der Waals surface area contributed by atoms with Crippen molar-refractivity contribution in [2.24, 2.45) is 0 Å². The second-order valence-electron chi connectivity index (χ2n) is 5.59. The smallest absolute Gasteiger partial charge is 0.358 e. The minimum atomic E-state index is -0.474. The van der Waals surface area contributed by atoms with Crippen molar-refractivity contribution in [3.63, 3.8) is 0 Å². The van der Waals surface area contributed by atoms with E-state index in [2.05, 4.69) is 25.0 Å². The van der Waals surface area contributed by atoms with Gasteiger partial charge in [0.15, 0.2) is 5.82 Å². The van der Waals surface area contributed by atoms with Crippen LogP contribution in [-0.4, -0.2) is 42.6 Å². The van der Waals surface area contributed by atoms with Crippen molar-refractivity contribution < 1.29 is 4.92 Å². The molecule has 0 spiro atoms. The van der Waals surface area contributed by atoms with E-state index in [1.165, 1.54) is 10.7 Å². The summed E-state index contributed by atoms with van der Waals surface area (Å²) >= 11 is 0. The maximum absolute atomic E-state index is 11.0. The molecule has 23 heavy (non-hydrogen) atoms. The molecule has 0 amide bonds. The standard InChI is InChI=1S/C14H15N7O2/c22-21(23)13-8-17-11-3-4-12(18-20(11)13)19-7-1-2-10(9-19)14-15-5-6-16-14/h3-6,8,10H,1-2,7,9H2,(H,15,16). The highest BCUT2D eigenvalue weighted by atomic mass is 16.6. The minimum absolute atomic E-state index is 0.124. The quantitative estimate of drug-likeness (QED) is 0.583. The predicted molar refractivity (Wildman–Crippen MR) is 82.4 cm³/mol. The number of H-pyrrole nitrogens is 1. The first-order valence-corrected chi connectivity index (χ1v) is 7.46. The number of hydrogen-bond acceptors (Lipinski definition) is 6. The second kappa shape index (κ2) is 5.34. The number of aromatic amines is 1. The van der Waals surface area contributed by atoms with Crippen LogP contribution in [0, 0.1) is 10.1 Å². The van der Waals surface area contributed by atoms with E-state index < -0.39 is 4.92 Å². The summed E-state index contributed by atoms with van der Waals surface area (Å²) in [4.78, 5) is 24.2. The third-order valence-electron chi connectivity index (χ3n) is 4.17. The van der Waals surface area contributed by atoms with E-state index in [0.717, 1.165) is 37.6 Å². The monoisotopic (exact) mass is 313 g/mol. The second-order valence-corrected chi connectivity index (χ2v) is 5.59. The molecule has 1 aliphatic rings. The summed E-state index contributed by atoms with van der Waals surface area (Å²) in [5.41, 5.74) is 0.472. The van der Waals surface area contributed by atoms with Crippen molar-refractivity contribution in [1.29, 1.82) is 0 Å². The molecule has 3 aromatic heterocycles. The van der Waals surface area contributed by atoms with Crippen molar-refractivity contribution in [3.8, 4) is 0 Å². The number of fused-ring (bicyclic) bond motifs is 1. The Morgan fingerprint density at radius 3 is 3.04 bits per heavy atom. The van der Waals surface area contributed by atoms with E-state index >= 15 is 0 Å². The lowest BCUT2D eigenvalue weighted by Crippen LogP contribution is -2.35. The number of nitrogens with zero attached hydrogens (tertiary/aromatic N) is 6. The Morgan fingerprint density at radius 2 is 2.26 bits per heavy atom. The van der Waals surface area contributed by atoms with Crippen molar-refractivity contribution in [3.05, 3.63) is 46.7 Å². The molecular weight excluding hydrogens is 298 g/mol. The first-order valence-electron chi connectivity index (χ1n) is 7.46. The molecular formula is C14H15N7O2. The van der Waals surface area contributed by atoms with Gasteiger partial charge in [-0.3, -0.25) is 0 Å². The molecule has 0 aromatic carbocycles. The van der Waals surface area contributed by atoms with Crippen LogP contribution < -0.4 is 4.90 Å². The number of hydrogen-bond donors (Lipinski definition) is 1. The lowest BCUT2D eigenvalue weighted by molar-refractivity contribution is -0.391. The maximum Gasteiger partial charge on any atom is 0.368 e. The molecule has 1 fully saturated rings. The van der Waals surface area contributed by atoms with Gasteiger partial charge in [0.1, 0.15) is 12.0 Å². The Balaban J connectivity index is 1.65. The van der Waals surface area contributed by atoms with Gasteiger partial charge >= 0.3 is 5.82 Å². The Labute approximate surface area is 131 Å². The number of rotatable bonds is 3. The van der Waals surface area contributed by atoms with Crippen LogP contribution in [-0.2, 0) is 0 Å². The number of imidazole rings is 2. The van der Waals surface area contributed by atoms with Gasteiger partial charge in [-0.05, 0) is 23.8 Å². The molecule has 0 radical (unpaired) electrons. The third-order valence-corrected chi connectivity index (χ3v) is 4.17. The lowest BCUT2D eigenvalue weighted by atomic mass is 9.97. The van der Waals surface area contributed by atoms with Crippen molar-refractivity contribution in [2.45, 2.75) is 18.8 Å². The first-order chi connectivity index (χ1) is 11.2. The highest BCUT2D eigenvalue weighted by Crippen LogP contribution is 2.27. The van der Waals surface area contributed by atoms with Gasteiger partial charge in [0, 0.05) is 37.5 Å². The van der Waals surface area contributed by atoms with Gasteiger partial charge in [-0.1, -0.05) is 9.61 Å². The molecule has 4 heterocycles. The fourth-order valence-electron chi connectivity index (χ4n) is 3.05. The zero-order valence-electron chi connectivity index (χ0n) is 12.3. The topological polar surface area (TPSA) is 105 Å². The summed E-state index contributed by atoms with van der Waals surface area (Å²) in [7, 11) is 0. The molecule has 1 saturated heterocycles. The summed E-state index contributed by atoms with van der Waals surface area (Å²) in [5, 5.41) is 15.5. The largest absolute Gasteiger partial charge is 0.368 e. The summed E-state index contributed by atoms with van der Waals surface area (Å²) in [6, 6.07) is 3.61. The van der Waals surface area contributed by atoms with Crippen LogP contribution in [0.1, 0.15) is 24.6 Å². The van der Waals surface area contributed by atoms with Crippen LogP contribution in [0.4, 0.5) is 11.6 Å². The van der Waals surface area contributed by atoms with Gasteiger partial charge in [-0.15, -0.1) is 0 Å². The SMILES string of the molecule is O=[N+]([O-])c1cnc2ccc(N3CCCC(c4ncc[nH]4)C3)nn12. The minimum Gasteiger partial charge on any atom is -0.358 e. The van der Waals surface area contributed by atoms with E-state index in [-0.39, 0.29) is 5.82 Å². The van der Waals surface area contributed by atoms with Crippen LogP contribution in [0.2, 0.25) is 0 Å². The van der Waals surface area contributed by atoms with Crippen molar-refractivity contribution in [2.75, 3.05) is 18.0 Å². The van der Waals surface area contributed by atoms with Gasteiger partial charge in [-0.2, -0.15) is 0 Å². The molecule has 1 atom stereocenters. The average molecular weight is 313 g/mol. The highest BCUT2D eigenvalue weighted by Gasteiger charge is 2.25. The third kappa shape index (κ3) is 2.39. The number of nitro groups is 1. The van der Waals surface area contributed by atoms with Gasteiger partial charge in [-0.25, -0.2) is 9.97 Å². The summed E-state index contributed by atoms with van der Waals surface area (Å²) < 4.78 is 1.28. The van der Waals surface area contributed by atoms with Crippen LogP contribution in [0.3, 0.4) is 0 Å². The van der Waals surface area contributed by atoms with Gasteiger partial charge in [0.05, 0.1) is 0 Å². The number of piperidine rings is 1. The molecule has 1 N–H and O–H groups in total. The summed E-state index contributed by atoms with van der Waals surface area (Å²) in [6.07, 6.45) is 6.91. The Morgan fingerprint density at radius 1 is 1.35 bits per heavy atom. The fraction of sp³-hybridized carbons (Fsp3) is 0.357. The highest BCUT2D eigenvalue weighted by molar-refractivity contribution is 5.49. The van der Waals surface area contributed by atoms with Crippen molar-refractivity contribution in [1.82, 2.24) is 24.6 Å². The molecule has 0 bridgehead atoms. The number of aromatic nitrogens is 5.